The summed E-state index contributed by atoms with van der Waals surface area (Å²) in [6.45, 7) is 6.14. The van der Waals surface area contributed by atoms with Crippen molar-refractivity contribution in [2.75, 3.05) is 22.8 Å². The number of aliphatic imine (C=N–C) groups is 1. The largest absolute Gasteiger partial charge is 0.454 e. The number of nitrogens with zero attached hydrogens (tertiary/aromatic N) is 2. The number of hydrogen-bond acceptors (Lipinski definition) is 6. The van der Waals surface area contributed by atoms with Crippen LogP contribution in [0.25, 0.3) is 6.08 Å². The average molecular weight is 500 g/mol. The smallest absolute Gasteiger partial charge is 0.283 e. The molecule has 0 aliphatic carbocycles. The number of fused-ring (bicyclic) bond motifs is 1. The van der Waals surface area contributed by atoms with Crippen LogP contribution in [0.1, 0.15) is 22.3 Å². The first-order chi connectivity index (χ1) is 17.4. The number of nitrogens with one attached hydrogen (secondary N) is 1. The molecular formula is C28H25N3O4S. The fraction of sp³-hybridized carbons (Fsp3) is 0.179. The molecule has 0 unspecified atom stereocenters. The van der Waals surface area contributed by atoms with Crippen molar-refractivity contribution in [1.29, 1.82) is 0 Å². The van der Waals surface area contributed by atoms with Crippen LogP contribution in [0, 0.1) is 20.8 Å². The first-order valence-electron chi connectivity index (χ1n) is 11.5. The molecule has 0 bridgehead atoms. The number of anilines is 2. The first-order valence-corrected chi connectivity index (χ1v) is 12.5. The fourth-order valence-electron chi connectivity index (χ4n) is 3.95. The molecule has 2 amide bonds. The van der Waals surface area contributed by atoms with E-state index in [1.54, 1.807) is 11.0 Å². The van der Waals surface area contributed by atoms with Crippen molar-refractivity contribution in [2.24, 2.45) is 4.99 Å². The van der Waals surface area contributed by atoms with Gasteiger partial charge in [-0.15, -0.1) is 0 Å². The molecule has 0 saturated carbocycles. The monoisotopic (exact) mass is 499 g/mol. The quantitative estimate of drug-likeness (QED) is 0.472. The molecule has 36 heavy (non-hydrogen) atoms. The van der Waals surface area contributed by atoms with Gasteiger partial charge in [0, 0.05) is 5.69 Å². The summed E-state index contributed by atoms with van der Waals surface area (Å²) in [7, 11) is 0. The van der Waals surface area contributed by atoms with Gasteiger partial charge in [0.15, 0.2) is 16.7 Å². The number of thioether (sulfide) groups is 1. The zero-order valence-electron chi connectivity index (χ0n) is 20.2. The van der Waals surface area contributed by atoms with Crippen LogP contribution < -0.4 is 19.7 Å². The number of amidine groups is 1. The van der Waals surface area contributed by atoms with Crippen molar-refractivity contribution in [1.82, 2.24) is 0 Å². The molecule has 0 atom stereocenters. The number of benzene rings is 3. The van der Waals surface area contributed by atoms with E-state index in [9.17, 15) is 9.59 Å². The number of aryl methyl sites for hydroxylation is 3. The molecule has 0 radical (unpaired) electrons. The van der Waals surface area contributed by atoms with Crippen molar-refractivity contribution >= 4 is 46.2 Å². The van der Waals surface area contributed by atoms with E-state index in [-0.39, 0.29) is 30.1 Å². The van der Waals surface area contributed by atoms with E-state index in [0.717, 1.165) is 27.9 Å². The van der Waals surface area contributed by atoms with Gasteiger partial charge in [0.05, 0.1) is 11.4 Å². The van der Waals surface area contributed by atoms with E-state index < -0.39 is 0 Å². The number of amides is 2. The summed E-state index contributed by atoms with van der Waals surface area (Å²) >= 11 is 1.22. The maximum atomic E-state index is 13.4. The summed E-state index contributed by atoms with van der Waals surface area (Å²) in [5.74, 6) is 0.990. The van der Waals surface area contributed by atoms with Crippen molar-refractivity contribution in [3.05, 3.63) is 88.6 Å². The van der Waals surface area contributed by atoms with Gasteiger partial charge in [0.25, 0.3) is 5.91 Å². The molecule has 0 aromatic heterocycles. The molecule has 0 saturated heterocycles. The Hall–Kier alpha value is -4.04. The molecular weight excluding hydrogens is 474 g/mol. The predicted octanol–water partition coefficient (Wildman–Crippen LogP) is 5.46. The second kappa shape index (κ2) is 9.91. The number of ether oxygens (including phenoxy) is 2. The van der Waals surface area contributed by atoms with Crippen LogP contribution in [0.5, 0.6) is 11.5 Å². The Balaban J connectivity index is 1.39. The van der Waals surface area contributed by atoms with Gasteiger partial charge in [-0.1, -0.05) is 53.2 Å². The zero-order chi connectivity index (χ0) is 25.2. The molecule has 2 aliphatic rings. The summed E-state index contributed by atoms with van der Waals surface area (Å²) in [6, 6.07) is 19.0. The maximum Gasteiger partial charge on any atom is 0.283 e. The van der Waals surface area contributed by atoms with Crippen LogP contribution in [-0.2, 0) is 9.59 Å². The highest BCUT2D eigenvalue weighted by atomic mass is 32.2. The number of carbonyl (C=O) groups is 2. The molecule has 182 valence electrons. The minimum absolute atomic E-state index is 0.110. The molecule has 2 aliphatic heterocycles. The molecule has 1 N–H and O–H groups in total. The van der Waals surface area contributed by atoms with Gasteiger partial charge < -0.3 is 14.8 Å². The fourth-order valence-corrected chi connectivity index (χ4v) is 4.76. The predicted molar refractivity (Wildman–Crippen MR) is 144 cm³/mol. The summed E-state index contributed by atoms with van der Waals surface area (Å²) in [4.78, 5) is 32.3. The topological polar surface area (TPSA) is 80.2 Å². The molecule has 0 fully saturated rings. The Morgan fingerprint density at radius 2 is 1.75 bits per heavy atom. The lowest BCUT2D eigenvalue weighted by Gasteiger charge is -2.18. The van der Waals surface area contributed by atoms with E-state index in [1.807, 2.05) is 81.4 Å². The average Bonchev–Trinajstić information content (AvgIpc) is 3.44. The number of carbonyl (C=O) groups excluding carboxylic acids is 2. The molecule has 5 rings (SSSR count). The van der Waals surface area contributed by atoms with E-state index in [4.69, 9.17) is 9.47 Å². The van der Waals surface area contributed by atoms with E-state index in [1.165, 1.54) is 11.8 Å². The third kappa shape index (κ3) is 4.99. The molecule has 0 spiro atoms. The minimum Gasteiger partial charge on any atom is -0.454 e. The molecule has 7 nitrogen and oxygen atoms in total. The Kier molecular flexibility index (Phi) is 6.52. The highest BCUT2D eigenvalue weighted by Gasteiger charge is 2.32. The second-order valence-electron chi connectivity index (χ2n) is 8.67. The van der Waals surface area contributed by atoms with Crippen molar-refractivity contribution in [3.63, 3.8) is 0 Å². The van der Waals surface area contributed by atoms with Gasteiger partial charge in [0.1, 0.15) is 5.70 Å². The Morgan fingerprint density at radius 3 is 2.53 bits per heavy atom. The highest BCUT2D eigenvalue weighted by Crippen LogP contribution is 2.34. The number of rotatable bonds is 5. The summed E-state index contributed by atoms with van der Waals surface area (Å²) in [5.41, 5.74) is 5.74. The molecule has 3 aromatic carbocycles. The normalized spacial score (nSPS) is 15.4. The zero-order valence-corrected chi connectivity index (χ0v) is 21.0. The van der Waals surface area contributed by atoms with E-state index in [2.05, 4.69) is 10.3 Å². The van der Waals surface area contributed by atoms with Crippen molar-refractivity contribution < 1.29 is 19.1 Å². The summed E-state index contributed by atoms with van der Waals surface area (Å²) in [6.07, 6.45) is 1.72. The second-order valence-corrected chi connectivity index (χ2v) is 9.61. The SMILES string of the molecule is Cc1ccc(N2C(=O)C(=Cc3ccc4c(c3)OCO4)N=C2SCC(=O)Nc2ccc(C)cc2C)cc1. The van der Waals surface area contributed by atoms with Gasteiger partial charge in [-0.25, -0.2) is 4.99 Å². The maximum absolute atomic E-state index is 13.4. The van der Waals surface area contributed by atoms with Gasteiger partial charge in [-0.3, -0.25) is 14.5 Å². The highest BCUT2D eigenvalue weighted by molar-refractivity contribution is 8.14. The van der Waals surface area contributed by atoms with Crippen molar-refractivity contribution in [3.8, 4) is 11.5 Å². The van der Waals surface area contributed by atoms with Gasteiger partial charge in [0.2, 0.25) is 12.7 Å². The van der Waals surface area contributed by atoms with Crippen LogP contribution in [0.15, 0.2) is 71.4 Å². The van der Waals surface area contributed by atoms with E-state index in [0.29, 0.717) is 22.4 Å². The molecule has 3 aromatic rings. The Morgan fingerprint density at radius 1 is 1.00 bits per heavy atom. The van der Waals surface area contributed by atoms with Crippen LogP contribution in [-0.4, -0.2) is 29.5 Å². The minimum atomic E-state index is -0.256. The van der Waals surface area contributed by atoms with Crippen LogP contribution in [0.4, 0.5) is 11.4 Å². The van der Waals surface area contributed by atoms with E-state index >= 15 is 0 Å². The Labute approximate surface area is 213 Å². The van der Waals surface area contributed by atoms with Crippen LogP contribution in [0.2, 0.25) is 0 Å². The third-order valence-corrected chi connectivity index (χ3v) is 6.75. The standard InChI is InChI=1S/C28H25N3O4S/c1-17-4-8-21(9-5-17)31-27(33)23(13-20-7-11-24-25(14-20)35-16-34-24)30-28(31)36-15-26(32)29-22-10-6-18(2)12-19(22)3/h4-14H,15-16H2,1-3H3,(H,29,32). The van der Waals surface area contributed by atoms with Gasteiger partial charge in [-0.2, -0.15) is 0 Å². The van der Waals surface area contributed by atoms with Gasteiger partial charge in [-0.05, 0) is 68.3 Å². The lowest BCUT2D eigenvalue weighted by Crippen LogP contribution is -2.31. The third-order valence-electron chi connectivity index (χ3n) is 5.81. The lowest BCUT2D eigenvalue weighted by atomic mass is 10.1. The molecule has 8 heteroatoms. The Bertz CT molecular complexity index is 1410. The summed E-state index contributed by atoms with van der Waals surface area (Å²) < 4.78 is 10.8. The first kappa shape index (κ1) is 23.7. The van der Waals surface area contributed by atoms with Gasteiger partial charge >= 0.3 is 0 Å². The van der Waals surface area contributed by atoms with Crippen LogP contribution in [0.3, 0.4) is 0 Å². The number of hydrogen-bond donors (Lipinski definition) is 1. The summed E-state index contributed by atoms with van der Waals surface area (Å²) in [5, 5.41) is 3.40. The lowest BCUT2D eigenvalue weighted by molar-refractivity contribution is -0.114. The van der Waals surface area contributed by atoms with Crippen molar-refractivity contribution in [2.45, 2.75) is 20.8 Å². The van der Waals surface area contributed by atoms with Crippen LogP contribution >= 0.6 is 11.8 Å². The molecule has 2 heterocycles.